The monoisotopic (exact) mass is 472 g/mol. The lowest BCUT2D eigenvalue weighted by atomic mass is 9.76. The van der Waals surface area contributed by atoms with E-state index in [1.807, 2.05) is 48.5 Å². The molecule has 0 atom stereocenters. The Kier molecular flexibility index (Phi) is 3.22. The van der Waals surface area contributed by atoms with Gasteiger partial charge in [-0.2, -0.15) is 0 Å². The zero-order valence-corrected chi connectivity index (χ0v) is 19.4. The van der Waals surface area contributed by atoms with Crippen molar-refractivity contribution in [3.8, 4) is 28.0 Å². The summed E-state index contributed by atoms with van der Waals surface area (Å²) in [7, 11) is 0. The van der Waals surface area contributed by atoms with Crippen molar-refractivity contribution in [3.05, 3.63) is 113 Å². The van der Waals surface area contributed by atoms with Crippen molar-refractivity contribution in [2.75, 3.05) is 0 Å². The van der Waals surface area contributed by atoms with Crippen LogP contribution in [0.2, 0.25) is 0 Å². The Morgan fingerprint density at radius 1 is 0.378 bits per heavy atom. The van der Waals surface area contributed by atoms with Crippen LogP contribution in [-0.4, -0.2) is 16.7 Å². The molecule has 0 bridgehead atoms. The first kappa shape index (κ1) is 19.2. The van der Waals surface area contributed by atoms with E-state index in [1.54, 1.807) is 12.1 Å². The Labute approximate surface area is 210 Å². The van der Waals surface area contributed by atoms with Crippen molar-refractivity contribution in [3.63, 3.8) is 0 Å². The van der Waals surface area contributed by atoms with Crippen LogP contribution in [-0.2, 0) is 0 Å². The van der Waals surface area contributed by atoms with Gasteiger partial charge in [0.1, 0.15) is 5.75 Å². The number of aromatic hydroxyl groups is 1. The van der Waals surface area contributed by atoms with Crippen molar-refractivity contribution in [1.29, 1.82) is 0 Å². The quantitative estimate of drug-likeness (QED) is 0.180. The molecular weight excluding hydrogens is 456 g/mol. The smallest absolute Gasteiger partial charge is 0.198 e. The number of rotatable bonds is 0. The maximum Gasteiger partial charge on any atom is 0.198 e. The molecule has 9 rings (SSSR count). The number of hydrogen-bond acceptors (Lipinski definition) is 3. The molecule has 170 valence electrons. The Hall–Kier alpha value is -5.02. The molecule has 0 saturated carbocycles. The van der Waals surface area contributed by atoms with Gasteiger partial charge in [-0.25, -0.2) is 0 Å². The second-order valence-corrected chi connectivity index (χ2v) is 10.0. The number of phenolic OH excluding ortho intramolecular Hbond substituents is 1. The Morgan fingerprint density at radius 3 is 1.49 bits per heavy atom. The van der Waals surface area contributed by atoms with Crippen LogP contribution in [0.3, 0.4) is 0 Å². The standard InChI is InChI=1S/C34H16O3/c35-27-7-3-6-17-19-10-11-21-22-12-14-25-30-18(16-4-1-2-5-24(16)33(25)36)8-9-20(28(22)30)23-13-15-26(31(19)29(21)23)34(37)32(17)27/h1-15,35H. The molecule has 2 aliphatic rings. The summed E-state index contributed by atoms with van der Waals surface area (Å²) in [5.41, 5.74) is 6.24. The van der Waals surface area contributed by atoms with E-state index in [0.717, 1.165) is 76.5 Å². The average molecular weight is 472 g/mol. The van der Waals surface area contributed by atoms with Gasteiger partial charge in [-0.1, -0.05) is 72.8 Å². The van der Waals surface area contributed by atoms with Gasteiger partial charge in [-0.3, -0.25) is 9.59 Å². The molecular formula is C34H16O3. The van der Waals surface area contributed by atoms with Gasteiger partial charge in [0.05, 0.1) is 5.56 Å². The number of carbonyl (C=O) groups excluding carboxylic acids is 2. The predicted molar refractivity (Wildman–Crippen MR) is 147 cm³/mol. The van der Waals surface area contributed by atoms with Crippen molar-refractivity contribution >= 4 is 54.7 Å². The first-order chi connectivity index (χ1) is 18.1. The zero-order valence-electron chi connectivity index (χ0n) is 19.4. The Bertz CT molecular complexity index is 2220. The first-order valence-corrected chi connectivity index (χ1v) is 12.3. The fourth-order valence-corrected chi connectivity index (χ4v) is 6.92. The van der Waals surface area contributed by atoms with Gasteiger partial charge in [-0.05, 0) is 72.8 Å². The van der Waals surface area contributed by atoms with Crippen LogP contribution >= 0.6 is 0 Å². The minimum absolute atomic E-state index is 0.0103. The molecule has 37 heavy (non-hydrogen) atoms. The molecule has 7 aromatic carbocycles. The molecule has 3 nitrogen and oxygen atoms in total. The maximum atomic E-state index is 13.6. The van der Waals surface area contributed by atoms with Crippen molar-refractivity contribution < 1.29 is 14.7 Å². The van der Waals surface area contributed by atoms with Gasteiger partial charge in [0, 0.05) is 27.5 Å². The van der Waals surface area contributed by atoms with Crippen molar-refractivity contribution in [2.24, 2.45) is 0 Å². The first-order valence-electron chi connectivity index (χ1n) is 12.3. The lowest BCUT2D eigenvalue weighted by Gasteiger charge is -2.25. The number of ketones is 2. The highest BCUT2D eigenvalue weighted by molar-refractivity contribution is 6.41. The Balaban J connectivity index is 1.52. The van der Waals surface area contributed by atoms with Crippen molar-refractivity contribution in [1.82, 2.24) is 0 Å². The fraction of sp³-hybridized carbons (Fsp3) is 0. The molecule has 0 radical (unpaired) electrons. The van der Waals surface area contributed by atoms with Crippen LogP contribution in [0.5, 0.6) is 5.75 Å². The number of fused-ring (bicyclic) bond motifs is 6. The third-order valence-corrected chi connectivity index (χ3v) is 8.41. The van der Waals surface area contributed by atoms with E-state index >= 15 is 0 Å². The lowest BCUT2D eigenvalue weighted by molar-refractivity contribution is 0.103. The summed E-state index contributed by atoms with van der Waals surface area (Å²) in [6.07, 6.45) is 0. The Morgan fingerprint density at radius 2 is 0.865 bits per heavy atom. The summed E-state index contributed by atoms with van der Waals surface area (Å²) in [5, 5.41) is 18.9. The summed E-state index contributed by atoms with van der Waals surface area (Å²) >= 11 is 0. The average Bonchev–Trinajstić information content (AvgIpc) is 2.93. The molecule has 3 heteroatoms. The second kappa shape index (κ2) is 6.21. The summed E-state index contributed by atoms with van der Waals surface area (Å²) in [5.74, 6) is -0.0801. The minimum Gasteiger partial charge on any atom is -0.507 e. The van der Waals surface area contributed by atoms with E-state index in [0.29, 0.717) is 11.1 Å². The number of carbonyl (C=O) groups is 2. The molecule has 0 heterocycles. The van der Waals surface area contributed by atoms with Crippen LogP contribution in [0, 0.1) is 0 Å². The zero-order chi connectivity index (χ0) is 24.6. The second-order valence-electron chi connectivity index (χ2n) is 10.0. The maximum absolute atomic E-state index is 13.6. The molecule has 0 aliphatic heterocycles. The van der Waals surface area contributed by atoms with Crippen LogP contribution in [0.25, 0.3) is 65.3 Å². The molecule has 0 aromatic heterocycles. The van der Waals surface area contributed by atoms with E-state index < -0.39 is 0 Å². The van der Waals surface area contributed by atoms with E-state index in [2.05, 4.69) is 30.3 Å². The highest BCUT2D eigenvalue weighted by Gasteiger charge is 2.31. The number of phenols is 1. The molecule has 0 unspecified atom stereocenters. The molecule has 0 fully saturated rings. The van der Waals surface area contributed by atoms with E-state index in [1.165, 1.54) is 0 Å². The molecule has 0 amide bonds. The fourth-order valence-electron chi connectivity index (χ4n) is 6.92. The predicted octanol–water partition coefficient (Wildman–Crippen LogP) is 7.87. The van der Waals surface area contributed by atoms with E-state index in [9.17, 15) is 14.7 Å². The van der Waals surface area contributed by atoms with Gasteiger partial charge in [-0.15, -0.1) is 0 Å². The van der Waals surface area contributed by atoms with Gasteiger partial charge >= 0.3 is 0 Å². The van der Waals surface area contributed by atoms with Crippen LogP contribution in [0.1, 0.15) is 31.8 Å². The van der Waals surface area contributed by atoms with E-state index in [4.69, 9.17) is 0 Å². The molecule has 0 spiro atoms. The summed E-state index contributed by atoms with van der Waals surface area (Å²) in [6, 6.07) is 29.5. The van der Waals surface area contributed by atoms with Crippen LogP contribution < -0.4 is 0 Å². The molecule has 2 aliphatic carbocycles. The largest absolute Gasteiger partial charge is 0.507 e. The van der Waals surface area contributed by atoms with Gasteiger partial charge < -0.3 is 5.11 Å². The third-order valence-electron chi connectivity index (χ3n) is 8.41. The van der Waals surface area contributed by atoms with Gasteiger partial charge in [0.2, 0.25) is 0 Å². The number of hydrogen-bond donors (Lipinski definition) is 1. The molecule has 7 aromatic rings. The highest BCUT2D eigenvalue weighted by atomic mass is 16.3. The molecule has 0 saturated heterocycles. The van der Waals surface area contributed by atoms with Crippen molar-refractivity contribution in [2.45, 2.75) is 0 Å². The van der Waals surface area contributed by atoms with Crippen LogP contribution in [0.4, 0.5) is 0 Å². The highest BCUT2D eigenvalue weighted by Crippen LogP contribution is 2.51. The van der Waals surface area contributed by atoms with Crippen LogP contribution in [0.15, 0.2) is 91.0 Å². The van der Waals surface area contributed by atoms with Gasteiger partial charge in [0.15, 0.2) is 11.6 Å². The van der Waals surface area contributed by atoms with Gasteiger partial charge in [0.25, 0.3) is 0 Å². The minimum atomic E-state index is -0.150. The lowest BCUT2D eigenvalue weighted by Crippen LogP contribution is -2.11. The summed E-state index contributed by atoms with van der Waals surface area (Å²) in [4.78, 5) is 27.1. The topological polar surface area (TPSA) is 54.4 Å². The SMILES string of the molecule is O=C1c2ccccc2-c2ccc3c4ccc5c6c(ccc(c7ccc1c2c37)c64)-c1cccc(O)c1C5=O. The summed E-state index contributed by atoms with van der Waals surface area (Å²) in [6.45, 7) is 0. The third kappa shape index (κ3) is 2.07. The molecule has 1 N–H and O–H groups in total. The summed E-state index contributed by atoms with van der Waals surface area (Å²) < 4.78 is 0. The van der Waals surface area contributed by atoms with E-state index in [-0.39, 0.29) is 17.3 Å². The number of benzene rings is 7. The normalized spacial score (nSPS) is 13.6.